The normalized spacial score (nSPS) is 30.3. The second-order valence-corrected chi connectivity index (χ2v) is 12.1. The van der Waals surface area contributed by atoms with Gasteiger partial charge in [-0.2, -0.15) is 0 Å². The van der Waals surface area contributed by atoms with E-state index in [0.29, 0.717) is 19.5 Å². The van der Waals surface area contributed by atoms with Crippen molar-refractivity contribution in [1.29, 1.82) is 0 Å². The van der Waals surface area contributed by atoms with Crippen LogP contribution in [0.1, 0.15) is 25.8 Å². The van der Waals surface area contributed by atoms with Crippen LogP contribution < -0.4 is 0 Å². The Morgan fingerprint density at radius 1 is 1.21 bits per heavy atom. The smallest absolute Gasteiger partial charge is 0.249 e. The van der Waals surface area contributed by atoms with Crippen molar-refractivity contribution in [3.63, 3.8) is 0 Å². The SMILES string of the molecule is C=CCN(C)C(=O)[C@H]1[C@H]2C(=O)N([C@@H](CO)C(C)C)C(C(=O)N(CC=C)Cc3ccccc3)C23CC(Br)[C@@H]1O3. The van der Waals surface area contributed by atoms with Gasteiger partial charge in [-0.3, -0.25) is 14.4 Å². The van der Waals surface area contributed by atoms with E-state index in [4.69, 9.17) is 4.74 Å². The number of benzene rings is 1. The third-order valence-electron chi connectivity index (χ3n) is 8.22. The fraction of sp³-hybridized carbons (Fsp3) is 0.552. The number of hydrogen-bond donors (Lipinski definition) is 1. The first-order chi connectivity index (χ1) is 18.1. The molecule has 1 aromatic rings. The van der Waals surface area contributed by atoms with Gasteiger partial charge in [0.25, 0.3) is 0 Å². The monoisotopic (exact) mass is 587 g/mol. The van der Waals surface area contributed by atoms with Crippen molar-refractivity contribution in [1.82, 2.24) is 14.7 Å². The number of rotatable bonds is 11. The van der Waals surface area contributed by atoms with Gasteiger partial charge in [0.05, 0.1) is 30.6 Å². The summed E-state index contributed by atoms with van der Waals surface area (Å²) in [7, 11) is 1.68. The zero-order chi connectivity index (χ0) is 27.8. The molecule has 3 aliphatic rings. The number of likely N-dealkylation sites (tertiary alicyclic amines) is 1. The van der Waals surface area contributed by atoms with E-state index in [1.54, 1.807) is 29.0 Å². The van der Waals surface area contributed by atoms with Crippen molar-refractivity contribution < 1.29 is 24.2 Å². The summed E-state index contributed by atoms with van der Waals surface area (Å²) in [6.45, 7) is 12.1. The number of fused-ring (bicyclic) bond motifs is 1. The highest BCUT2D eigenvalue weighted by atomic mass is 79.9. The van der Waals surface area contributed by atoms with Crippen molar-refractivity contribution >= 4 is 33.7 Å². The molecule has 7 atom stereocenters. The molecule has 4 rings (SSSR count). The summed E-state index contributed by atoms with van der Waals surface area (Å²) in [6.07, 6.45) is 3.19. The predicted octanol–water partition coefficient (Wildman–Crippen LogP) is 2.61. The van der Waals surface area contributed by atoms with Crippen LogP contribution in [0.2, 0.25) is 0 Å². The largest absolute Gasteiger partial charge is 0.394 e. The number of carbonyl (C=O) groups excluding carboxylic acids is 3. The molecule has 2 bridgehead atoms. The highest BCUT2D eigenvalue weighted by molar-refractivity contribution is 9.09. The molecule has 0 aliphatic carbocycles. The van der Waals surface area contributed by atoms with Crippen molar-refractivity contribution in [2.45, 2.75) is 55.4 Å². The van der Waals surface area contributed by atoms with E-state index >= 15 is 0 Å². The third kappa shape index (κ3) is 4.62. The minimum Gasteiger partial charge on any atom is -0.394 e. The lowest BCUT2D eigenvalue weighted by atomic mass is 9.70. The molecule has 3 heterocycles. The number of halogens is 1. The fourth-order valence-electron chi connectivity index (χ4n) is 6.51. The topological polar surface area (TPSA) is 90.4 Å². The van der Waals surface area contributed by atoms with Crippen LogP contribution in [0.5, 0.6) is 0 Å². The second kappa shape index (κ2) is 11.3. The molecule has 0 aromatic heterocycles. The van der Waals surface area contributed by atoms with Crippen molar-refractivity contribution in [2.24, 2.45) is 17.8 Å². The number of amides is 3. The Hall–Kier alpha value is -2.49. The van der Waals surface area contributed by atoms with Crippen LogP contribution in [0.25, 0.3) is 0 Å². The number of likely N-dealkylation sites (N-methyl/N-ethyl adjacent to an activating group) is 1. The number of aliphatic hydroxyl groups excluding tert-OH is 1. The van der Waals surface area contributed by atoms with Gasteiger partial charge >= 0.3 is 0 Å². The van der Waals surface area contributed by atoms with E-state index in [1.165, 1.54) is 4.90 Å². The first-order valence-corrected chi connectivity index (χ1v) is 14.1. The van der Waals surface area contributed by atoms with Gasteiger partial charge in [0.1, 0.15) is 11.6 Å². The first kappa shape index (κ1) is 28.5. The van der Waals surface area contributed by atoms with Crippen LogP contribution in [0, 0.1) is 17.8 Å². The molecule has 3 amide bonds. The highest BCUT2D eigenvalue weighted by Gasteiger charge is 2.77. The number of alkyl halides is 1. The second-order valence-electron chi connectivity index (χ2n) is 10.9. The number of aliphatic hydroxyl groups is 1. The molecular formula is C29H38BrN3O5. The maximum absolute atomic E-state index is 14.5. The summed E-state index contributed by atoms with van der Waals surface area (Å²) in [4.78, 5) is 47.0. The summed E-state index contributed by atoms with van der Waals surface area (Å²) >= 11 is 3.71. The minimum absolute atomic E-state index is 0.119. The Bertz CT molecular complexity index is 1080. The van der Waals surface area contributed by atoms with Gasteiger partial charge in [0.2, 0.25) is 17.7 Å². The average molecular weight is 589 g/mol. The average Bonchev–Trinajstić information content (AvgIpc) is 3.48. The van der Waals surface area contributed by atoms with Crippen LogP contribution in [0.3, 0.4) is 0 Å². The van der Waals surface area contributed by atoms with E-state index in [9.17, 15) is 19.5 Å². The van der Waals surface area contributed by atoms with Gasteiger partial charge in [-0.15, -0.1) is 13.2 Å². The number of ether oxygens (including phenoxy) is 1. The van der Waals surface area contributed by atoms with E-state index in [0.717, 1.165) is 5.56 Å². The maximum Gasteiger partial charge on any atom is 0.249 e. The fourth-order valence-corrected chi connectivity index (χ4v) is 7.45. The zero-order valence-corrected chi connectivity index (χ0v) is 23.9. The van der Waals surface area contributed by atoms with Crippen LogP contribution in [-0.2, 0) is 25.7 Å². The molecule has 8 nitrogen and oxygen atoms in total. The van der Waals surface area contributed by atoms with E-state index in [2.05, 4.69) is 29.1 Å². The van der Waals surface area contributed by atoms with Crippen LogP contribution in [0.4, 0.5) is 0 Å². The van der Waals surface area contributed by atoms with Crippen molar-refractivity contribution in [2.75, 3.05) is 26.7 Å². The summed E-state index contributed by atoms with van der Waals surface area (Å²) in [6, 6.07) is 8.07. The summed E-state index contributed by atoms with van der Waals surface area (Å²) in [5, 5.41) is 10.4. The minimum atomic E-state index is -1.18. The van der Waals surface area contributed by atoms with Gasteiger partial charge in [-0.25, -0.2) is 0 Å². The van der Waals surface area contributed by atoms with Gasteiger partial charge in [0, 0.05) is 31.5 Å². The Kier molecular flexibility index (Phi) is 8.49. The molecule has 0 saturated carbocycles. The van der Waals surface area contributed by atoms with E-state index in [-0.39, 0.29) is 41.6 Å². The van der Waals surface area contributed by atoms with Gasteiger partial charge < -0.3 is 24.5 Å². The molecule has 3 aliphatic heterocycles. The predicted molar refractivity (Wildman–Crippen MR) is 148 cm³/mol. The summed E-state index contributed by atoms with van der Waals surface area (Å²) in [5.41, 5.74) is -0.231. The van der Waals surface area contributed by atoms with E-state index in [1.807, 2.05) is 44.2 Å². The molecule has 1 aromatic carbocycles. The lowest BCUT2D eigenvalue weighted by molar-refractivity contribution is -0.153. The number of nitrogens with zero attached hydrogens (tertiary/aromatic N) is 3. The summed E-state index contributed by atoms with van der Waals surface area (Å²) in [5.74, 6) is -2.45. The lowest BCUT2D eigenvalue weighted by Crippen LogP contribution is -2.59. The highest BCUT2D eigenvalue weighted by Crippen LogP contribution is 2.61. The Morgan fingerprint density at radius 3 is 2.45 bits per heavy atom. The van der Waals surface area contributed by atoms with Crippen LogP contribution in [-0.4, -0.2) is 92.9 Å². The van der Waals surface area contributed by atoms with Gasteiger partial charge in [-0.05, 0) is 17.9 Å². The van der Waals surface area contributed by atoms with Crippen LogP contribution in [0.15, 0.2) is 55.6 Å². The molecule has 1 N–H and O–H groups in total. The summed E-state index contributed by atoms with van der Waals surface area (Å²) < 4.78 is 6.61. The van der Waals surface area contributed by atoms with Crippen molar-refractivity contribution in [3.8, 4) is 0 Å². The quantitative estimate of drug-likeness (QED) is 0.317. The Balaban J connectivity index is 1.81. The Morgan fingerprint density at radius 2 is 1.87 bits per heavy atom. The molecule has 3 unspecified atom stereocenters. The molecule has 3 saturated heterocycles. The first-order valence-electron chi connectivity index (χ1n) is 13.2. The maximum atomic E-state index is 14.5. The van der Waals surface area contributed by atoms with Crippen molar-refractivity contribution in [3.05, 3.63) is 61.2 Å². The molecule has 9 heteroatoms. The number of hydrogen-bond acceptors (Lipinski definition) is 5. The third-order valence-corrected chi connectivity index (χ3v) is 9.06. The standard InChI is InChI=1S/C29H38BrN3O5/c1-6-13-31(5)26(35)22-23-27(36)33(21(17-34)18(3)4)25(29(23)15-20(30)24(22)38-29)28(37)32(14-7-2)16-19-11-9-8-10-12-19/h6-12,18,20-25,34H,1-2,13-17H2,3-5H3/t20?,21-,22-,23-,24-,25?,29?/m0/s1. The van der Waals surface area contributed by atoms with E-state index < -0.39 is 35.6 Å². The molecule has 38 heavy (non-hydrogen) atoms. The zero-order valence-electron chi connectivity index (χ0n) is 22.3. The van der Waals surface area contributed by atoms with Gasteiger partial charge in [-0.1, -0.05) is 72.3 Å². The number of carbonyl (C=O) groups is 3. The van der Waals surface area contributed by atoms with Gasteiger partial charge in [0.15, 0.2) is 0 Å². The molecule has 3 fully saturated rings. The molecular weight excluding hydrogens is 550 g/mol. The molecule has 206 valence electrons. The molecule has 0 radical (unpaired) electrons. The molecule has 1 spiro atoms. The van der Waals surface area contributed by atoms with Crippen LogP contribution >= 0.6 is 15.9 Å². The lowest BCUT2D eigenvalue weighted by Gasteiger charge is -2.40. The Labute approximate surface area is 233 Å².